The van der Waals surface area contributed by atoms with Crippen molar-refractivity contribution in [2.24, 2.45) is 5.73 Å². The SMILES string of the molecule is Cc1ccc(S(=O)(=O)NC(C)c2ccco2)cc1CN. The number of nitrogens with one attached hydrogen (secondary N) is 1. The summed E-state index contributed by atoms with van der Waals surface area (Å²) in [5, 5.41) is 0. The van der Waals surface area contributed by atoms with Gasteiger partial charge in [-0.05, 0) is 49.2 Å². The average Bonchev–Trinajstić information content (AvgIpc) is 2.92. The number of rotatable bonds is 5. The molecule has 0 radical (unpaired) electrons. The number of furan rings is 1. The molecule has 1 aromatic carbocycles. The van der Waals surface area contributed by atoms with E-state index in [9.17, 15) is 8.42 Å². The maximum atomic E-state index is 12.3. The van der Waals surface area contributed by atoms with Gasteiger partial charge in [0.1, 0.15) is 5.76 Å². The average molecular weight is 294 g/mol. The highest BCUT2D eigenvalue weighted by atomic mass is 32.2. The van der Waals surface area contributed by atoms with E-state index < -0.39 is 16.1 Å². The normalized spacial score (nSPS) is 13.3. The van der Waals surface area contributed by atoms with Crippen LogP contribution in [0.5, 0.6) is 0 Å². The molecule has 1 heterocycles. The molecule has 0 aliphatic rings. The fraction of sp³-hybridized carbons (Fsp3) is 0.286. The van der Waals surface area contributed by atoms with Crippen molar-refractivity contribution < 1.29 is 12.8 Å². The van der Waals surface area contributed by atoms with Crippen molar-refractivity contribution in [3.05, 3.63) is 53.5 Å². The van der Waals surface area contributed by atoms with Crippen LogP contribution in [0, 0.1) is 6.92 Å². The van der Waals surface area contributed by atoms with Gasteiger partial charge in [0.15, 0.2) is 0 Å². The molecule has 0 aliphatic carbocycles. The van der Waals surface area contributed by atoms with Gasteiger partial charge >= 0.3 is 0 Å². The van der Waals surface area contributed by atoms with Crippen LogP contribution in [0.4, 0.5) is 0 Å². The van der Waals surface area contributed by atoms with Crippen molar-refractivity contribution in [1.82, 2.24) is 4.72 Å². The first-order chi connectivity index (χ1) is 9.44. The van der Waals surface area contributed by atoms with E-state index in [1.165, 1.54) is 6.26 Å². The first-order valence-corrected chi connectivity index (χ1v) is 7.77. The third-order valence-electron chi connectivity index (χ3n) is 3.15. The summed E-state index contributed by atoms with van der Waals surface area (Å²) in [6.07, 6.45) is 1.51. The quantitative estimate of drug-likeness (QED) is 0.884. The van der Waals surface area contributed by atoms with Gasteiger partial charge in [0.05, 0.1) is 17.2 Å². The third-order valence-corrected chi connectivity index (χ3v) is 4.69. The van der Waals surface area contributed by atoms with Gasteiger partial charge in [-0.3, -0.25) is 0 Å². The number of sulfonamides is 1. The monoisotopic (exact) mass is 294 g/mol. The minimum atomic E-state index is -3.60. The Morgan fingerprint density at radius 1 is 1.35 bits per heavy atom. The van der Waals surface area contributed by atoms with Crippen LogP contribution < -0.4 is 10.5 Å². The Hall–Kier alpha value is -1.63. The predicted molar refractivity (Wildman–Crippen MR) is 76.5 cm³/mol. The van der Waals surface area contributed by atoms with Gasteiger partial charge in [-0.25, -0.2) is 13.1 Å². The Morgan fingerprint density at radius 3 is 2.70 bits per heavy atom. The van der Waals surface area contributed by atoms with E-state index in [1.54, 1.807) is 37.3 Å². The first-order valence-electron chi connectivity index (χ1n) is 6.29. The third kappa shape index (κ3) is 3.09. The lowest BCUT2D eigenvalue weighted by Gasteiger charge is -2.13. The minimum absolute atomic E-state index is 0.210. The zero-order chi connectivity index (χ0) is 14.8. The lowest BCUT2D eigenvalue weighted by Crippen LogP contribution is -2.26. The second-order valence-corrected chi connectivity index (χ2v) is 6.36. The Kier molecular flexibility index (Phi) is 4.27. The van der Waals surface area contributed by atoms with Crippen LogP contribution >= 0.6 is 0 Å². The molecule has 2 aromatic rings. The van der Waals surface area contributed by atoms with Crippen LogP contribution in [-0.4, -0.2) is 8.42 Å². The molecule has 0 saturated heterocycles. The number of nitrogens with two attached hydrogens (primary N) is 1. The standard InChI is InChI=1S/C14H18N2O3S/c1-10-5-6-13(8-12(10)9-15)20(17,18)16-11(2)14-4-3-7-19-14/h3-8,11,16H,9,15H2,1-2H3. The van der Waals surface area contributed by atoms with E-state index in [1.807, 2.05) is 6.92 Å². The Balaban J connectivity index is 2.26. The summed E-state index contributed by atoms with van der Waals surface area (Å²) in [5.74, 6) is 0.569. The van der Waals surface area contributed by atoms with Crippen LogP contribution in [0.15, 0.2) is 45.9 Å². The predicted octanol–water partition coefficient (Wildman–Crippen LogP) is 2.09. The van der Waals surface area contributed by atoms with Crippen LogP contribution in [0.3, 0.4) is 0 Å². The highest BCUT2D eigenvalue weighted by Gasteiger charge is 2.20. The van der Waals surface area contributed by atoms with Crippen molar-refractivity contribution in [3.8, 4) is 0 Å². The van der Waals surface area contributed by atoms with Gasteiger partial charge < -0.3 is 10.2 Å². The minimum Gasteiger partial charge on any atom is -0.468 e. The molecule has 0 saturated carbocycles. The topological polar surface area (TPSA) is 85.3 Å². The Morgan fingerprint density at radius 2 is 2.10 bits per heavy atom. The molecule has 1 unspecified atom stereocenters. The summed E-state index contributed by atoms with van der Waals surface area (Å²) in [5.41, 5.74) is 7.41. The summed E-state index contributed by atoms with van der Waals surface area (Å²) >= 11 is 0. The zero-order valence-electron chi connectivity index (χ0n) is 11.5. The van der Waals surface area contributed by atoms with E-state index in [0.717, 1.165) is 11.1 Å². The molecule has 20 heavy (non-hydrogen) atoms. The molecule has 3 N–H and O–H groups in total. The molecular formula is C14H18N2O3S. The highest BCUT2D eigenvalue weighted by molar-refractivity contribution is 7.89. The largest absolute Gasteiger partial charge is 0.468 e. The molecule has 1 atom stereocenters. The fourth-order valence-corrected chi connectivity index (χ4v) is 3.19. The van der Waals surface area contributed by atoms with Crippen LogP contribution in [0.25, 0.3) is 0 Å². The summed E-state index contributed by atoms with van der Waals surface area (Å²) in [6.45, 7) is 3.94. The molecule has 2 rings (SSSR count). The van der Waals surface area contributed by atoms with E-state index in [-0.39, 0.29) is 4.90 Å². The molecule has 5 nitrogen and oxygen atoms in total. The van der Waals surface area contributed by atoms with Gasteiger partial charge in [0, 0.05) is 6.54 Å². The molecule has 0 aliphatic heterocycles. The van der Waals surface area contributed by atoms with E-state index >= 15 is 0 Å². The summed E-state index contributed by atoms with van der Waals surface area (Å²) in [4.78, 5) is 0.210. The molecule has 0 spiro atoms. The smallest absolute Gasteiger partial charge is 0.241 e. The van der Waals surface area contributed by atoms with Crippen molar-refractivity contribution in [2.45, 2.75) is 31.3 Å². The lowest BCUT2D eigenvalue weighted by molar-refractivity contribution is 0.459. The number of hydrogen-bond donors (Lipinski definition) is 2. The molecular weight excluding hydrogens is 276 g/mol. The lowest BCUT2D eigenvalue weighted by atomic mass is 10.1. The van der Waals surface area contributed by atoms with Gasteiger partial charge in [0.25, 0.3) is 0 Å². The van der Waals surface area contributed by atoms with Gasteiger partial charge in [-0.1, -0.05) is 6.07 Å². The van der Waals surface area contributed by atoms with Crippen molar-refractivity contribution >= 4 is 10.0 Å². The van der Waals surface area contributed by atoms with Crippen molar-refractivity contribution in [3.63, 3.8) is 0 Å². The first kappa shape index (κ1) is 14.8. The highest BCUT2D eigenvalue weighted by Crippen LogP contribution is 2.19. The summed E-state index contributed by atoms with van der Waals surface area (Å²) in [6, 6.07) is 7.95. The van der Waals surface area contributed by atoms with Gasteiger partial charge in [0.2, 0.25) is 10.0 Å². The molecule has 0 bridgehead atoms. The van der Waals surface area contributed by atoms with Crippen molar-refractivity contribution in [1.29, 1.82) is 0 Å². The van der Waals surface area contributed by atoms with E-state index in [0.29, 0.717) is 12.3 Å². The molecule has 1 aromatic heterocycles. The zero-order valence-corrected chi connectivity index (χ0v) is 12.3. The van der Waals surface area contributed by atoms with E-state index in [2.05, 4.69) is 4.72 Å². The van der Waals surface area contributed by atoms with Crippen LogP contribution in [0.1, 0.15) is 29.9 Å². The van der Waals surface area contributed by atoms with Crippen molar-refractivity contribution in [2.75, 3.05) is 0 Å². The number of hydrogen-bond acceptors (Lipinski definition) is 4. The van der Waals surface area contributed by atoms with Crippen LogP contribution in [-0.2, 0) is 16.6 Å². The second kappa shape index (κ2) is 5.78. The Bertz CT molecular complexity index is 678. The Labute approximate surface area is 118 Å². The van der Waals surface area contributed by atoms with E-state index in [4.69, 9.17) is 10.2 Å². The number of benzene rings is 1. The maximum absolute atomic E-state index is 12.3. The molecule has 108 valence electrons. The van der Waals surface area contributed by atoms with Crippen LogP contribution in [0.2, 0.25) is 0 Å². The maximum Gasteiger partial charge on any atom is 0.241 e. The molecule has 0 amide bonds. The fourth-order valence-electron chi connectivity index (χ4n) is 1.93. The molecule has 0 fully saturated rings. The second-order valence-electron chi connectivity index (χ2n) is 4.65. The molecule has 6 heteroatoms. The summed E-state index contributed by atoms with van der Waals surface area (Å²) in [7, 11) is -3.60. The number of aryl methyl sites for hydroxylation is 1. The van der Waals surface area contributed by atoms with Gasteiger partial charge in [-0.15, -0.1) is 0 Å². The van der Waals surface area contributed by atoms with Gasteiger partial charge in [-0.2, -0.15) is 0 Å². The summed E-state index contributed by atoms with van der Waals surface area (Å²) < 4.78 is 32.4.